The van der Waals surface area contributed by atoms with Crippen LogP contribution in [0, 0.1) is 0 Å². The van der Waals surface area contributed by atoms with E-state index in [1.807, 2.05) is 0 Å². The summed E-state index contributed by atoms with van der Waals surface area (Å²) < 4.78 is 0.502. The number of halogens is 2. The fourth-order valence-electron chi connectivity index (χ4n) is 1.03. The molecular formula is C10H9BrClN3O2S. The molecule has 18 heavy (non-hydrogen) atoms. The van der Waals surface area contributed by atoms with Gasteiger partial charge in [0, 0.05) is 0 Å². The van der Waals surface area contributed by atoms with Crippen LogP contribution < -0.4 is 16.4 Å². The molecule has 0 radical (unpaired) electrons. The first-order valence-corrected chi connectivity index (χ1v) is 6.31. The molecule has 0 aromatic heterocycles. The molecule has 96 valence electrons. The summed E-state index contributed by atoms with van der Waals surface area (Å²) in [7, 11) is 0. The topological polar surface area (TPSA) is 84.2 Å². The lowest BCUT2D eigenvalue weighted by Gasteiger charge is -2.08. The molecule has 0 fully saturated rings. The van der Waals surface area contributed by atoms with Crippen molar-refractivity contribution in [3.05, 3.63) is 27.7 Å². The van der Waals surface area contributed by atoms with Crippen LogP contribution in [0.3, 0.4) is 0 Å². The van der Waals surface area contributed by atoms with Crippen LogP contribution in [-0.4, -0.2) is 23.3 Å². The number of amides is 2. The third kappa shape index (κ3) is 4.25. The maximum Gasteiger partial charge on any atom is 0.313 e. The van der Waals surface area contributed by atoms with Crippen molar-refractivity contribution < 1.29 is 9.59 Å². The highest BCUT2D eigenvalue weighted by Crippen LogP contribution is 2.29. The van der Waals surface area contributed by atoms with Crippen LogP contribution in [0.25, 0.3) is 0 Å². The van der Waals surface area contributed by atoms with Gasteiger partial charge >= 0.3 is 11.8 Å². The lowest BCUT2D eigenvalue weighted by molar-refractivity contribution is -0.135. The molecule has 0 saturated carbocycles. The van der Waals surface area contributed by atoms with Gasteiger partial charge in [-0.15, -0.1) is 0 Å². The summed E-state index contributed by atoms with van der Waals surface area (Å²) in [6.07, 6.45) is 0. The molecule has 5 nitrogen and oxygen atoms in total. The zero-order valence-corrected chi connectivity index (χ0v) is 12.2. The molecule has 1 rings (SSSR count). The van der Waals surface area contributed by atoms with Crippen molar-refractivity contribution in [2.24, 2.45) is 5.73 Å². The molecule has 0 aliphatic carbocycles. The number of nitrogens with two attached hydrogens (primary N) is 1. The van der Waals surface area contributed by atoms with Crippen molar-refractivity contribution in [3.8, 4) is 0 Å². The first kappa shape index (κ1) is 14.9. The van der Waals surface area contributed by atoms with Gasteiger partial charge in [-0.05, 0) is 28.1 Å². The van der Waals surface area contributed by atoms with Crippen LogP contribution in [0.4, 0.5) is 5.69 Å². The molecule has 8 heteroatoms. The minimum absolute atomic E-state index is 0.0295. The number of hydrogen-bond acceptors (Lipinski definition) is 3. The molecule has 0 saturated heterocycles. The number of nitrogens with one attached hydrogen (secondary N) is 2. The molecule has 0 bridgehead atoms. The van der Waals surface area contributed by atoms with Gasteiger partial charge in [0.15, 0.2) is 0 Å². The molecule has 0 aliphatic heterocycles. The van der Waals surface area contributed by atoms with E-state index in [2.05, 4.69) is 38.8 Å². The van der Waals surface area contributed by atoms with Crippen molar-refractivity contribution in [3.63, 3.8) is 0 Å². The molecule has 0 unspecified atom stereocenters. The lowest BCUT2D eigenvalue weighted by Crippen LogP contribution is -2.39. The van der Waals surface area contributed by atoms with Crippen LogP contribution in [0.2, 0.25) is 5.02 Å². The Morgan fingerprint density at radius 1 is 1.39 bits per heavy atom. The maximum absolute atomic E-state index is 11.5. The monoisotopic (exact) mass is 349 g/mol. The van der Waals surface area contributed by atoms with Crippen molar-refractivity contribution in [1.82, 2.24) is 5.32 Å². The first-order chi connectivity index (χ1) is 8.41. The van der Waals surface area contributed by atoms with Gasteiger partial charge in [0.2, 0.25) is 0 Å². The van der Waals surface area contributed by atoms with Gasteiger partial charge in [0.25, 0.3) is 0 Å². The van der Waals surface area contributed by atoms with Crippen molar-refractivity contribution in [2.45, 2.75) is 0 Å². The van der Waals surface area contributed by atoms with Crippen LogP contribution in [0.1, 0.15) is 0 Å². The van der Waals surface area contributed by atoms with Crippen molar-refractivity contribution in [1.29, 1.82) is 0 Å². The van der Waals surface area contributed by atoms with E-state index >= 15 is 0 Å². The number of carbonyl (C=O) groups is 2. The number of hydrogen-bond donors (Lipinski definition) is 3. The molecule has 2 amide bonds. The number of rotatable bonds is 3. The fourth-order valence-corrected chi connectivity index (χ4v) is 1.64. The number of benzene rings is 1. The predicted molar refractivity (Wildman–Crippen MR) is 77.6 cm³/mol. The van der Waals surface area contributed by atoms with E-state index in [0.717, 1.165) is 0 Å². The summed E-state index contributed by atoms with van der Waals surface area (Å²) in [6.45, 7) is -0.0295. The van der Waals surface area contributed by atoms with Gasteiger partial charge in [0.05, 0.1) is 26.7 Å². The zero-order chi connectivity index (χ0) is 13.7. The minimum atomic E-state index is -0.825. The Bertz CT molecular complexity index is 510. The van der Waals surface area contributed by atoms with E-state index in [0.29, 0.717) is 15.2 Å². The Kier molecular flexibility index (Phi) is 5.52. The summed E-state index contributed by atoms with van der Waals surface area (Å²) >= 11 is 13.6. The molecule has 0 aliphatic rings. The summed E-state index contributed by atoms with van der Waals surface area (Å²) in [5, 5.41) is 5.11. The molecule has 0 atom stereocenters. The smallest absolute Gasteiger partial charge is 0.313 e. The van der Waals surface area contributed by atoms with E-state index in [9.17, 15) is 9.59 Å². The van der Waals surface area contributed by atoms with Crippen LogP contribution in [0.15, 0.2) is 22.7 Å². The fraction of sp³-hybridized carbons (Fsp3) is 0.100. The van der Waals surface area contributed by atoms with Crippen molar-refractivity contribution >= 4 is 62.2 Å². The van der Waals surface area contributed by atoms with Crippen LogP contribution in [-0.2, 0) is 9.59 Å². The Balaban J connectivity index is 2.67. The number of carbonyl (C=O) groups excluding carboxylic acids is 2. The lowest BCUT2D eigenvalue weighted by atomic mass is 10.3. The highest BCUT2D eigenvalue weighted by Gasteiger charge is 2.15. The molecular weight excluding hydrogens is 342 g/mol. The average Bonchev–Trinajstić information content (AvgIpc) is 2.31. The number of anilines is 1. The average molecular weight is 351 g/mol. The van der Waals surface area contributed by atoms with E-state index < -0.39 is 11.8 Å². The van der Waals surface area contributed by atoms with Crippen molar-refractivity contribution in [2.75, 3.05) is 11.9 Å². The molecule has 4 N–H and O–H groups in total. The number of thiocarbonyl (C=S) groups is 1. The van der Waals surface area contributed by atoms with Gasteiger partial charge in [-0.1, -0.05) is 29.9 Å². The van der Waals surface area contributed by atoms with E-state index in [1.54, 1.807) is 18.2 Å². The van der Waals surface area contributed by atoms with Crippen LogP contribution in [0.5, 0.6) is 0 Å². The largest absolute Gasteiger partial charge is 0.392 e. The predicted octanol–water partition coefficient (Wildman–Crippen LogP) is 1.44. The highest BCUT2D eigenvalue weighted by atomic mass is 79.9. The quantitative estimate of drug-likeness (QED) is 0.569. The minimum Gasteiger partial charge on any atom is -0.392 e. The van der Waals surface area contributed by atoms with Gasteiger partial charge in [-0.25, -0.2) is 0 Å². The molecule has 1 aromatic carbocycles. The Morgan fingerprint density at radius 2 is 2.06 bits per heavy atom. The summed E-state index contributed by atoms with van der Waals surface area (Å²) in [4.78, 5) is 23.0. The first-order valence-electron chi connectivity index (χ1n) is 4.73. The third-order valence-electron chi connectivity index (χ3n) is 1.83. The van der Waals surface area contributed by atoms with Gasteiger partial charge in [0.1, 0.15) is 0 Å². The maximum atomic E-state index is 11.5. The highest BCUT2D eigenvalue weighted by molar-refractivity contribution is 9.10. The second kappa shape index (κ2) is 6.67. The summed E-state index contributed by atoms with van der Waals surface area (Å²) in [6, 6.07) is 4.90. The van der Waals surface area contributed by atoms with E-state index in [-0.39, 0.29) is 11.5 Å². The normalized spacial score (nSPS) is 9.67. The molecule has 1 aromatic rings. The SMILES string of the molecule is NC(=S)CNC(=O)C(=O)Nc1cccc(Cl)c1Br. The van der Waals surface area contributed by atoms with Crippen LogP contribution >= 0.6 is 39.7 Å². The van der Waals surface area contributed by atoms with Gasteiger partial charge in [-0.3, -0.25) is 9.59 Å². The molecule has 0 spiro atoms. The Morgan fingerprint density at radius 3 is 2.67 bits per heavy atom. The second-order valence-electron chi connectivity index (χ2n) is 3.20. The zero-order valence-electron chi connectivity index (χ0n) is 9.00. The second-order valence-corrected chi connectivity index (χ2v) is 4.93. The van der Waals surface area contributed by atoms with E-state index in [4.69, 9.17) is 17.3 Å². The Labute approximate surface area is 122 Å². The van der Waals surface area contributed by atoms with Gasteiger partial charge in [-0.2, -0.15) is 0 Å². The van der Waals surface area contributed by atoms with Gasteiger partial charge < -0.3 is 16.4 Å². The standard InChI is InChI=1S/C10H9BrClN3O2S/c11-8-5(12)2-1-3-6(8)15-10(17)9(16)14-4-7(13)18/h1-3H,4H2,(H2,13,18)(H,14,16)(H,15,17). The van der Waals surface area contributed by atoms with E-state index in [1.165, 1.54) is 0 Å². The molecule has 0 heterocycles. The summed E-state index contributed by atoms with van der Waals surface area (Å²) in [5.74, 6) is -1.65. The summed E-state index contributed by atoms with van der Waals surface area (Å²) in [5.41, 5.74) is 5.60. The Hall–Kier alpha value is -1.18. The third-order valence-corrected chi connectivity index (χ3v) is 3.37.